The summed E-state index contributed by atoms with van der Waals surface area (Å²) in [4.78, 5) is 15.6. The van der Waals surface area contributed by atoms with Crippen molar-refractivity contribution in [2.45, 2.75) is 32.4 Å². The molecule has 1 heterocycles. The van der Waals surface area contributed by atoms with E-state index in [9.17, 15) is 4.79 Å². The third kappa shape index (κ3) is 3.17. The average Bonchev–Trinajstić information content (AvgIpc) is 2.27. The number of aromatic nitrogens is 1. The van der Waals surface area contributed by atoms with Gasteiger partial charge in [0.05, 0.1) is 25.1 Å². The van der Waals surface area contributed by atoms with Crippen LogP contribution in [0.3, 0.4) is 0 Å². The molecule has 0 unspecified atom stereocenters. The SMILES string of the molecule is COC(=O)[C@](C)(N)c1ccc(OC(C)C)cn1. The number of carbonyl (C=O) groups is 1. The highest BCUT2D eigenvalue weighted by Gasteiger charge is 2.33. The van der Waals surface area contributed by atoms with Crippen LogP contribution in [0, 0.1) is 0 Å². The number of esters is 1. The zero-order chi connectivity index (χ0) is 13.1. The normalized spacial score (nSPS) is 14.2. The molecule has 5 heteroatoms. The number of nitrogens with two attached hydrogens (primary N) is 1. The van der Waals surface area contributed by atoms with E-state index in [4.69, 9.17) is 10.5 Å². The third-order valence-corrected chi connectivity index (χ3v) is 2.25. The molecule has 0 bridgehead atoms. The van der Waals surface area contributed by atoms with Gasteiger partial charge in [-0.1, -0.05) is 0 Å². The molecule has 94 valence electrons. The van der Waals surface area contributed by atoms with Crippen LogP contribution in [0.25, 0.3) is 0 Å². The Morgan fingerprint density at radius 2 is 2.12 bits per heavy atom. The van der Waals surface area contributed by atoms with Crippen LogP contribution in [0.1, 0.15) is 26.5 Å². The van der Waals surface area contributed by atoms with Gasteiger partial charge in [0, 0.05) is 0 Å². The van der Waals surface area contributed by atoms with Gasteiger partial charge in [0.2, 0.25) is 0 Å². The van der Waals surface area contributed by atoms with Gasteiger partial charge in [-0.15, -0.1) is 0 Å². The van der Waals surface area contributed by atoms with Crippen molar-refractivity contribution < 1.29 is 14.3 Å². The van der Waals surface area contributed by atoms with Crippen molar-refractivity contribution in [3.63, 3.8) is 0 Å². The zero-order valence-corrected chi connectivity index (χ0v) is 10.6. The molecule has 0 saturated carbocycles. The summed E-state index contributed by atoms with van der Waals surface area (Å²) in [7, 11) is 1.30. The summed E-state index contributed by atoms with van der Waals surface area (Å²) < 4.78 is 10.1. The highest BCUT2D eigenvalue weighted by atomic mass is 16.5. The first kappa shape index (κ1) is 13.4. The molecule has 0 amide bonds. The van der Waals surface area contributed by atoms with E-state index in [-0.39, 0.29) is 6.10 Å². The van der Waals surface area contributed by atoms with E-state index in [0.29, 0.717) is 11.4 Å². The summed E-state index contributed by atoms with van der Waals surface area (Å²) in [5.41, 5.74) is 5.07. The Morgan fingerprint density at radius 3 is 2.53 bits per heavy atom. The second kappa shape index (κ2) is 5.14. The minimum atomic E-state index is -1.24. The summed E-state index contributed by atoms with van der Waals surface area (Å²) in [6.07, 6.45) is 1.62. The second-order valence-corrected chi connectivity index (χ2v) is 4.24. The lowest BCUT2D eigenvalue weighted by Gasteiger charge is -2.21. The Hall–Kier alpha value is -1.62. The fourth-order valence-corrected chi connectivity index (χ4v) is 1.35. The number of pyridine rings is 1. The molecule has 0 saturated heterocycles. The van der Waals surface area contributed by atoms with E-state index >= 15 is 0 Å². The smallest absolute Gasteiger partial charge is 0.331 e. The Balaban J connectivity index is 2.90. The second-order valence-electron chi connectivity index (χ2n) is 4.24. The maximum atomic E-state index is 11.5. The molecule has 1 aromatic heterocycles. The summed E-state index contributed by atoms with van der Waals surface area (Å²) in [6, 6.07) is 3.39. The lowest BCUT2D eigenvalue weighted by Crippen LogP contribution is -2.43. The molecule has 0 aliphatic rings. The van der Waals surface area contributed by atoms with Crippen molar-refractivity contribution in [1.29, 1.82) is 0 Å². The Kier molecular flexibility index (Phi) is 4.07. The van der Waals surface area contributed by atoms with Crippen molar-refractivity contribution in [1.82, 2.24) is 4.98 Å². The minimum Gasteiger partial charge on any atom is -0.489 e. The molecule has 0 fully saturated rings. The molecule has 17 heavy (non-hydrogen) atoms. The van der Waals surface area contributed by atoms with E-state index in [1.54, 1.807) is 25.3 Å². The first-order valence-electron chi connectivity index (χ1n) is 5.38. The number of rotatable bonds is 4. The molecule has 0 aliphatic carbocycles. The highest BCUT2D eigenvalue weighted by Crippen LogP contribution is 2.19. The van der Waals surface area contributed by atoms with Crippen LogP contribution in [0.4, 0.5) is 0 Å². The molecule has 5 nitrogen and oxygen atoms in total. The van der Waals surface area contributed by atoms with Gasteiger partial charge >= 0.3 is 5.97 Å². The number of methoxy groups -OCH3 is 1. The summed E-state index contributed by atoms with van der Waals surface area (Å²) >= 11 is 0. The van der Waals surface area contributed by atoms with E-state index in [2.05, 4.69) is 9.72 Å². The van der Waals surface area contributed by atoms with Crippen molar-refractivity contribution in [2.75, 3.05) is 7.11 Å². The average molecular weight is 238 g/mol. The Bertz CT molecular complexity index is 385. The van der Waals surface area contributed by atoms with E-state index in [0.717, 1.165) is 0 Å². The topological polar surface area (TPSA) is 74.4 Å². The van der Waals surface area contributed by atoms with Gasteiger partial charge in [0.1, 0.15) is 5.75 Å². The summed E-state index contributed by atoms with van der Waals surface area (Å²) in [6.45, 7) is 5.41. The molecular weight excluding hydrogens is 220 g/mol. The van der Waals surface area contributed by atoms with E-state index in [1.807, 2.05) is 13.8 Å². The molecule has 0 aromatic carbocycles. The van der Waals surface area contributed by atoms with Crippen LogP contribution >= 0.6 is 0 Å². The minimum absolute atomic E-state index is 0.0764. The van der Waals surface area contributed by atoms with Crippen LogP contribution in [0.15, 0.2) is 18.3 Å². The zero-order valence-electron chi connectivity index (χ0n) is 10.6. The van der Waals surface area contributed by atoms with Gasteiger partial charge in [0.25, 0.3) is 0 Å². The molecule has 0 aliphatic heterocycles. The van der Waals surface area contributed by atoms with Crippen LogP contribution in [-0.4, -0.2) is 24.2 Å². The standard InChI is InChI=1S/C12H18N2O3/c1-8(2)17-9-5-6-10(14-7-9)12(3,13)11(15)16-4/h5-8H,13H2,1-4H3/t12-/m1/s1. The van der Waals surface area contributed by atoms with Crippen LogP contribution < -0.4 is 10.5 Å². The molecular formula is C12H18N2O3. The van der Waals surface area contributed by atoms with Gasteiger partial charge in [0.15, 0.2) is 5.54 Å². The van der Waals surface area contributed by atoms with Crippen LogP contribution in [0.5, 0.6) is 5.75 Å². The van der Waals surface area contributed by atoms with Gasteiger partial charge in [-0.3, -0.25) is 4.98 Å². The first-order valence-corrected chi connectivity index (χ1v) is 5.38. The molecule has 0 radical (unpaired) electrons. The van der Waals surface area contributed by atoms with E-state index in [1.165, 1.54) is 7.11 Å². The quantitative estimate of drug-likeness (QED) is 0.798. The van der Waals surface area contributed by atoms with E-state index < -0.39 is 11.5 Å². The lowest BCUT2D eigenvalue weighted by molar-refractivity contribution is -0.146. The molecule has 1 rings (SSSR count). The monoisotopic (exact) mass is 238 g/mol. The fourth-order valence-electron chi connectivity index (χ4n) is 1.35. The number of hydrogen-bond donors (Lipinski definition) is 1. The van der Waals surface area contributed by atoms with Crippen LogP contribution in [0.2, 0.25) is 0 Å². The predicted octanol–water partition coefficient (Wildman–Crippen LogP) is 1.22. The van der Waals surface area contributed by atoms with Gasteiger partial charge in [-0.05, 0) is 32.9 Å². The van der Waals surface area contributed by atoms with Gasteiger partial charge in [-0.25, -0.2) is 4.79 Å². The first-order chi connectivity index (χ1) is 7.87. The Morgan fingerprint density at radius 1 is 1.47 bits per heavy atom. The van der Waals surface area contributed by atoms with Crippen molar-refractivity contribution in [3.05, 3.63) is 24.0 Å². The number of nitrogens with zero attached hydrogens (tertiary/aromatic N) is 1. The van der Waals surface area contributed by atoms with Crippen molar-refractivity contribution >= 4 is 5.97 Å². The third-order valence-electron chi connectivity index (χ3n) is 2.25. The molecule has 1 atom stereocenters. The number of carbonyl (C=O) groups excluding carboxylic acids is 1. The van der Waals surface area contributed by atoms with Crippen molar-refractivity contribution in [3.8, 4) is 5.75 Å². The number of ether oxygens (including phenoxy) is 2. The Labute approximate surface area is 101 Å². The van der Waals surface area contributed by atoms with Gasteiger partial charge < -0.3 is 15.2 Å². The lowest BCUT2D eigenvalue weighted by atomic mass is 9.99. The highest BCUT2D eigenvalue weighted by molar-refractivity contribution is 5.81. The molecule has 2 N–H and O–H groups in total. The summed E-state index contributed by atoms with van der Waals surface area (Å²) in [5, 5.41) is 0. The van der Waals surface area contributed by atoms with Crippen LogP contribution in [-0.2, 0) is 15.1 Å². The fraction of sp³-hybridized carbons (Fsp3) is 0.500. The maximum absolute atomic E-state index is 11.5. The number of hydrogen-bond acceptors (Lipinski definition) is 5. The molecule has 1 aromatic rings. The largest absolute Gasteiger partial charge is 0.489 e. The van der Waals surface area contributed by atoms with Crippen molar-refractivity contribution in [2.24, 2.45) is 5.73 Å². The maximum Gasteiger partial charge on any atom is 0.331 e. The molecule has 0 spiro atoms. The van der Waals surface area contributed by atoms with Gasteiger partial charge in [-0.2, -0.15) is 0 Å². The summed E-state index contributed by atoms with van der Waals surface area (Å²) in [5.74, 6) is 0.118. The predicted molar refractivity (Wildman–Crippen MR) is 63.6 cm³/mol.